The maximum atomic E-state index is 14.1. The molecule has 1 unspecified atom stereocenters. The number of nitrogens with two attached hydrogens (primary N) is 2. The Morgan fingerprint density at radius 3 is 2.63 bits per heavy atom. The summed E-state index contributed by atoms with van der Waals surface area (Å²) in [6.07, 6.45) is 4.07. The summed E-state index contributed by atoms with van der Waals surface area (Å²) in [6, 6.07) is 11.6. The van der Waals surface area contributed by atoms with Crippen LogP contribution in [0, 0.1) is 5.82 Å². The molecule has 7 heteroatoms. The molecule has 3 rings (SSSR count). The number of carbonyl (C=O) groups is 1. The molecule has 1 heterocycles. The third-order valence-corrected chi connectivity index (χ3v) is 5.23. The van der Waals surface area contributed by atoms with Gasteiger partial charge >= 0.3 is 0 Å². The van der Waals surface area contributed by atoms with Gasteiger partial charge in [-0.2, -0.15) is 0 Å². The van der Waals surface area contributed by atoms with E-state index in [9.17, 15) is 9.18 Å². The zero-order valence-electron chi connectivity index (χ0n) is 17.3. The molecule has 0 spiro atoms. The minimum atomic E-state index is -0.683. The van der Waals surface area contributed by atoms with E-state index in [-0.39, 0.29) is 17.4 Å². The van der Waals surface area contributed by atoms with Crippen LogP contribution in [-0.4, -0.2) is 36.2 Å². The van der Waals surface area contributed by atoms with Gasteiger partial charge in [-0.3, -0.25) is 14.7 Å². The lowest BCUT2D eigenvalue weighted by Crippen LogP contribution is -2.33. The zero-order valence-corrected chi connectivity index (χ0v) is 17.3. The number of aliphatic imine (C=N–C) groups is 1. The normalized spacial score (nSPS) is 17.9. The van der Waals surface area contributed by atoms with Gasteiger partial charge in [-0.05, 0) is 68.3 Å². The molecule has 1 amide bonds. The molecule has 1 saturated heterocycles. The van der Waals surface area contributed by atoms with Crippen LogP contribution in [0.4, 0.5) is 4.39 Å². The number of amides is 1. The third-order valence-electron chi connectivity index (χ3n) is 5.23. The van der Waals surface area contributed by atoms with Crippen molar-refractivity contribution >= 4 is 11.6 Å². The highest BCUT2D eigenvalue weighted by Gasteiger charge is 2.26. The molecule has 2 aromatic carbocycles. The van der Waals surface area contributed by atoms with Crippen molar-refractivity contribution in [3.8, 4) is 11.5 Å². The van der Waals surface area contributed by atoms with E-state index in [1.807, 2.05) is 25.1 Å². The van der Waals surface area contributed by atoms with E-state index in [4.69, 9.17) is 16.2 Å². The smallest absolute Gasteiger partial charge is 0.248 e. The third kappa shape index (κ3) is 5.24. The van der Waals surface area contributed by atoms with Crippen LogP contribution in [-0.2, 0) is 6.54 Å². The summed E-state index contributed by atoms with van der Waals surface area (Å²) in [6.45, 7) is 3.69. The second-order valence-electron chi connectivity index (χ2n) is 7.39. The summed E-state index contributed by atoms with van der Waals surface area (Å²) in [5.74, 6) is -0.768. The molecule has 30 heavy (non-hydrogen) atoms. The minimum absolute atomic E-state index is 0.0400. The van der Waals surface area contributed by atoms with Crippen LogP contribution >= 0.6 is 0 Å². The van der Waals surface area contributed by atoms with Gasteiger partial charge in [0.15, 0.2) is 11.6 Å². The second-order valence-corrected chi connectivity index (χ2v) is 7.39. The number of allylic oxidation sites excluding steroid dienone is 1. The van der Waals surface area contributed by atoms with Gasteiger partial charge in [0.2, 0.25) is 5.91 Å². The minimum Gasteiger partial charge on any atom is -0.454 e. The van der Waals surface area contributed by atoms with Gasteiger partial charge in [0, 0.05) is 36.6 Å². The molecule has 0 aromatic heterocycles. The fourth-order valence-electron chi connectivity index (χ4n) is 3.56. The molecule has 4 N–H and O–H groups in total. The predicted molar refractivity (Wildman–Crippen MR) is 116 cm³/mol. The lowest BCUT2D eigenvalue weighted by atomic mass is 10.1. The fourth-order valence-corrected chi connectivity index (χ4v) is 3.56. The largest absolute Gasteiger partial charge is 0.454 e. The van der Waals surface area contributed by atoms with E-state index in [1.54, 1.807) is 19.2 Å². The number of carbonyl (C=O) groups excluding carboxylic acids is 1. The van der Waals surface area contributed by atoms with E-state index < -0.39 is 11.7 Å². The average molecular weight is 410 g/mol. The molecule has 0 bridgehead atoms. The topological polar surface area (TPSA) is 93.9 Å². The highest BCUT2D eigenvalue weighted by molar-refractivity contribution is 5.93. The first-order valence-corrected chi connectivity index (χ1v) is 9.88. The Balaban J connectivity index is 1.66. The maximum absolute atomic E-state index is 14.1. The van der Waals surface area contributed by atoms with Crippen LogP contribution in [0.1, 0.15) is 35.7 Å². The molecule has 6 nitrogen and oxygen atoms in total. The highest BCUT2D eigenvalue weighted by atomic mass is 19.1. The quantitative estimate of drug-likeness (QED) is 0.682. The van der Waals surface area contributed by atoms with E-state index in [2.05, 4.69) is 9.89 Å². The molecule has 0 saturated carbocycles. The van der Waals surface area contributed by atoms with E-state index in [0.29, 0.717) is 5.75 Å². The molecule has 0 radical (unpaired) electrons. The van der Waals surface area contributed by atoms with Crippen LogP contribution in [0.5, 0.6) is 11.5 Å². The summed E-state index contributed by atoms with van der Waals surface area (Å²) in [7, 11) is 1.76. The first-order valence-electron chi connectivity index (χ1n) is 9.88. The van der Waals surface area contributed by atoms with Crippen LogP contribution < -0.4 is 16.2 Å². The van der Waals surface area contributed by atoms with Crippen molar-refractivity contribution in [2.24, 2.45) is 16.5 Å². The van der Waals surface area contributed by atoms with Crippen LogP contribution in [0.2, 0.25) is 0 Å². The van der Waals surface area contributed by atoms with Crippen molar-refractivity contribution in [3.63, 3.8) is 0 Å². The van der Waals surface area contributed by atoms with Gasteiger partial charge < -0.3 is 16.2 Å². The van der Waals surface area contributed by atoms with Crippen molar-refractivity contribution < 1.29 is 13.9 Å². The molecule has 1 fully saturated rings. The maximum Gasteiger partial charge on any atom is 0.248 e. The Hall–Kier alpha value is -3.19. The number of likely N-dealkylation sites (tertiary alicyclic amines) is 1. The number of rotatable bonds is 7. The lowest BCUT2D eigenvalue weighted by Gasteiger charge is -2.25. The Morgan fingerprint density at radius 1 is 1.27 bits per heavy atom. The van der Waals surface area contributed by atoms with Gasteiger partial charge in [0.1, 0.15) is 5.75 Å². The molecule has 1 aliphatic heterocycles. The van der Waals surface area contributed by atoms with Crippen molar-refractivity contribution in [1.82, 2.24) is 4.90 Å². The van der Waals surface area contributed by atoms with Gasteiger partial charge in [-0.25, -0.2) is 4.39 Å². The SMILES string of the molecule is CN=C(C)C=C(N)C1CCCN1Cc1ccc(Oc2ccc(C(N)=O)cc2F)cc1. The number of hydrogen-bond acceptors (Lipinski definition) is 5. The standard InChI is InChI=1S/C23H27FN4O2/c1-15(27-2)12-20(25)21-4-3-11-28(21)14-16-5-8-18(9-6-16)30-22-10-7-17(23(26)29)13-19(22)24/h5-10,12-13,21H,3-4,11,14,25H2,1-2H3,(H2,26,29). The molecular weight excluding hydrogens is 383 g/mol. The second kappa shape index (κ2) is 9.54. The summed E-state index contributed by atoms with van der Waals surface area (Å²) < 4.78 is 19.7. The van der Waals surface area contributed by atoms with Gasteiger partial charge in [0.05, 0.1) is 0 Å². The summed E-state index contributed by atoms with van der Waals surface area (Å²) in [5.41, 5.74) is 14.4. The number of ether oxygens (including phenoxy) is 1. The summed E-state index contributed by atoms with van der Waals surface area (Å²) >= 11 is 0. The molecule has 1 aliphatic rings. The first-order chi connectivity index (χ1) is 14.4. The highest BCUT2D eigenvalue weighted by Crippen LogP contribution is 2.27. The number of benzene rings is 2. The Morgan fingerprint density at radius 2 is 2.00 bits per heavy atom. The summed E-state index contributed by atoms with van der Waals surface area (Å²) in [4.78, 5) is 17.6. The monoisotopic (exact) mass is 410 g/mol. The molecule has 0 aliphatic carbocycles. The van der Waals surface area contributed by atoms with Crippen molar-refractivity contribution in [1.29, 1.82) is 0 Å². The fraction of sp³-hybridized carbons (Fsp3) is 0.304. The molecule has 1 atom stereocenters. The van der Waals surface area contributed by atoms with Crippen LogP contribution in [0.25, 0.3) is 0 Å². The Labute approximate surface area is 176 Å². The van der Waals surface area contributed by atoms with E-state index in [0.717, 1.165) is 49.0 Å². The average Bonchev–Trinajstić information content (AvgIpc) is 3.19. The Bertz CT molecular complexity index is 970. The van der Waals surface area contributed by atoms with Crippen LogP contribution in [0.3, 0.4) is 0 Å². The predicted octanol–water partition coefficient (Wildman–Crippen LogP) is 3.61. The Kier molecular flexibility index (Phi) is 6.84. The van der Waals surface area contributed by atoms with E-state index >= 15 is 0 Å². The van der Waals surface area contributed by atoms with Crippen molar-refractivity contribution in [3.05, 3.63) is 71.2 Å². The van der Waals surface area contributed by atoms with Crippen molar-refractivity contribution in [2.75, 3.05) is 13.6 Å². The number of hydrogen-bond donors (Lipinski definition) is 2. The van der Waals surface area contributed by atoms with Crippen molar-refractivity contribution in [2.45, 2.75) is 32.4 Å². The van der Waals surface area contributed by atoms with E-state index in [1.165, 1.54) is 12.1 Å². The molecule has 158 valence electrons. The van der Waals surface area contributed by atoms with Gasteiger partial charge in [-0.15, -0.1) is 0 Å². The summed E-state index contributed by atoms with van der Waals surface area (Å²) in [5, 5.41) is 0. The first kappa shape index (κ1) is 21.5. The van der Waals surface area contributed by atoms with Gasteiger partial charge in [-0.1, -0.05) is 12.1 Å². The van der Waals surface area contributed by atoms with Gasteiger partial charge in [0.25, 0.3) is 0 Å². The number of primary amides is 1. The zero-order chi connectivity index (χ0) is 21.7. The van der Waals surface area contributed by atoms with Crippen LogP contribution in [0.15, 0.2) is 59.2 Å². The molecule has 2 aromatic rings. The lowest BCUT2D eigenvalue weighted by molar-refractivity contribution is 0.1000. The number of nitrogens with zero attached hydrogens (tertiary/aromatic N) is 2. The molecular formula is C23H27FN4O2. The number of halogens is 1.